The molecule has 0 radical (unpaired) electrons. The number of aliphatic carboxylic acids is 1. The zero-order chi connectivity index (χ0) is 25.9. The van der Waals surface area contributed by atoms with Gasteiger partial charge in [-0.3, -0.25) is 14.4 Å². The van der Waals surface area contributed by atoms with E-state index in [4.69, 9.17) is 5.73 Å². The highest BCUT2D eigenvalue weighted by Crippen LogP contribution is 2.47. The summed E-state index contributed by atoms with van der Waals surface area (Å²) in [6, 6.07) is 30.8. The summed E-state index contributed by atoms with van der Waals surface area (Å²) < 4.78 is 0. The summed E-state index contributed by atoms with van der Waals surface area (Å²) in [5.41, 5.74) is 11.9. The molecule has 0 saturated carbocycles. The van der Waals surface area contributed by atoms with Gasteiger partial charge in [-0.05, 0) is 51.9 Å². The van der Waals surface area contributed by atoms with Gasteiger partial charge in [-0.2, -0.15) is 0 Å². The summed E-state index contributed by atoms with van der Waals surface area (Å²) in [5, 5.41) is 9.35. The smallest absolute Gasteiger partial charge is 0.303 e. The average Bonchev–Trinajstić information content (AvgIpc) is 3.25. The third-order valence-corrected chi connectivity index (χ3v) is 6.85. The Kier molecular flexibility index (Phi) is 6.56. The first kappa shape index (κ1) is 24.0. The molecule has 37 heavy (non-hydrogen) atoms. The number of amides is 2. The third kappa shape index (κ3) is 4.61. The maximum Gasteiger partial charge on any atom is 0.303 e. The lowest BCUT2D eigenvalue weighted by atomic mass is 9.96. The van der Waals surface area contributed by atoms with Gasteiger partial charge in [-0.1, -0.05) is 91.0 Å². The molecule has 0 spiro atoms. The highest BCUT2D eigenvalue weighted by molar-refractivity contribution is 5.99. The van der Waals surface area contributed by atoms with Crippen LogP contribution in [0.1, 0.15) is 40.4 Å². The van der Waals surface area contributed by atoms with Gasteiger partial charge < -0.3 is 15.7 Å². The molecule has 0 bridgehead atoms. The van der Waals surface area contributed by atoms with Crippen LogP contribution in [0.25, 0.3) is 22.3 Å². The molecule has 1 aliphatic carbocycles. The van der Waals surface area contributed by atoms with Crippen molar-refractivity contribution in [2.75, 3.05) is 0 Å². The highest BCUT2D eigenvalue weighted by Gasteiger charge is 2.41. The van der Waals surface area contributed by atoms with Gasteiger partial charge >= 0.3 is 5.97 Å². The Morgan fingerprint density at radius 3 is 1.78 bits per heavy atom. The number of carbonyl (C=O) groups is 3. The minimum atomic E-state index is -1.11. The van der Waals surface area contributed by atoms with Crippen molar-refractivity contribution >= 4 is 17.8 Å². The van der Waals surface area contributed by atoms with Crippen LogP contribution in [0.5, 0.6) is 0 Å². The van der Waals surface area contributed by atoms with Crippen molar-refractivity contribution in [3.63, 3.8) is 0 Å². The number of primary amides is 1. The number of hydrogen-bond donors (Lipinski definition) is 2. The number of carboxylic acid groups (broad SMARTS) is 1. The van der Waals surface area contributed by atoms with Gasteiger partial charge in [0, 0.05) is 12.0 Å². The van der Waals surface area contributed by atoms with Gasteiger partial charge in [0.15, 0.2) is 0 Å². The predicted octanol–water partition coefficient (Wildman–Crippen LogP) is 5.28. The number of nitrogens with two attached hydrogens (primary N) is 1. The van der Waals surface area contributed by atoms with Crippen molar-refractivity contribution in [2.24, 2.45) is 5.73 Å². The number of rotatable bonds is 8. The molecular weight excluding hydrogens is 464 g/mol. The Hall–Kier alpha value is -4.71. The number of hydrogen-bond acceptors (Lipinski definition) is 3. The van der Waals surface area contributed by atoms with Crippen molar-refractivity contribution in [3.8, 4) is 22.3 Å². The molecule has 1 atom stereocenters. The molecule has 4 aromatic rings. The van der Waals surface area contributed by atoms with Gasteiger partial charge in [-0.25, -0.2) is 0 Å². The van der Waals surface area contributed by atoms with E-state index in [1.807, 2.05) is 91.0 Å². The van der Waals surface area contributed by atoms with Crippen LogP contribution in [-0.4, -0.2) is 33.8 Å². The molecule has 0 saturated heterocycles. The minimum absolute atomic E-state index is 0.0840. The Labute approximate surface area is 215 Å². The summed E-state index contributed by atoms with van der Waals surface area (Å²) in [7, 11) is 0. The van der Waals surface area contributed by atoms with Crippen molar-refractivity contribution in [3.05, 3.63) is 120 Å². The zero-order valence-electron chi connectivity index (χ0n) is 20.1. The fourth-order valence-electron chi connectivity index (χ4n) is 5.13. The van der Waals surface area contributed by atoms with E-state index < -0.39 is 24.0 Å². The molecule has 0 heterocycles. The molecule has 184 valence electrons. The van der Waals surface area contributed by atoms with Crippen molar-refractivity contribution in [2.45, 2.75) is 24.9 Å². The summed E-state index contributed by atoms with van der Waals surface area (Å²) in [4.78, 5) is 39.8. The molecule has 0 aliphatic heterocycles. The fourth-order valence-corrected chi connectivity index (χ4v) is 5.13. The lowest BCUT2D eigenvalue weighted by molar-refractivity contribution is -0.137. The molecule has 5 rings (SSSR count). The van der Waals surface area contributed by atoms with Crippen LogP contribution in [0.3, 0.4) is 0 Å². The van der Waals surface area contributed by atoms with Crippen LogP contribution < -0.4 is 5.73 Å². The predicted molar refractivity (Wildman–Crippen MR) is 142 cm³/mol. The molecular formula is C31H26N2O4. The summed E-state index contributed by atoms with van der Waals surface area (Å²) in [6.07, 6.45) is -0.375. The lowest BCUT2D eigenvalue weighted by Gasteiger charge is -2.36. The first-order valence-corrected chi connectivity index (χ1v) is 12.1. The fraction of sp³-hybridized carbons (Fsp3) is 0.129. The van der Waals surface area contributed by atoms with Gasteiger partial charge in [0.25, 0.3) is 5.91 Å². The monoisotopic (exact) mass is 490 g/mol. The zero-order valence-corrected chi connectivity index (χ0v) is 20.1. The quantitative estimate of drug-likeness (QED) is 0.351. The Morgan fingerprint density at radius 1 is 0.730 bits per heavy atom. The number of nitrogens with zero attached hydrogens (tertiary/aromatic N) is 1. The first-order chi connectivity index (χ1) is 18.0. The second-order valence-corrected chi connectivity index (χ2v) is 9.08. The number of benzene rings is 4. The standard InChI is InChI=1S/C31H26N2O4/c32-30(36)27(18-19-28(34)35)33(29-25-12-6-4-10-23(25)24-11-5-7-13-26(24)29)31(37)22-16-14-21(15-17-22)20-8-2-1-3-9-20/h1-17,27,29H,18-19H2,(H2,32,36)(H,34,35)/t27-/m0/s1. The van der Waals surface area contributed by atoms with Gasteiger partial charge in [0.1, 0.15) is 6.04 Å². The average molecular weight is 491 g/mol. The minimum Gasteiger partial charge on any atom is -0.481 e. The number of fused-ring (bicyclic) bond motifs is 3. The summed E-state index contributed by atoms with van der Waals surface area (Å²) >= 11 is 0. The summed E-state index contributed by atoms with van der Waals surface area (Å²) in [6.45, 7) is 0. The van der Waals surface area contributed by atoms with Crippen LogP contribution >= 0.6 is 0 Å². The van der Waals surface area contributed by atoms with E-state index in [1.165, 1.54) is 4.90 Å². The maximum atomic E-state index is 14.2. The molecule has 6 heteroatoms. The van der Waals surface area contributed by atoms with Crippen molar-refractivity contribution < 1.29 is 19.5 Å². The van der Waals surface area contributed by atoms with Crippen LogP contribution in [0.4, 0.5) is 0 Å². The Balaban J connectivity index is 1.61. The third-order valence-electron chi connectivity index (χ3n) is 6.85. The second kappa shape index (κ2) is 10.1. The molecule has 1 aliphatic rings. The van der Waals surface area contributed by atoms with Crippen molar-refractivity contribution in [1.82, 2.24) is 4.90 Å². The second-order valence-electron chi connectivity index (χ2n) is 9.08. The van der Waals surface area contributed by atoms with Crippen LogP contribution in [-0.2, 0) is 9.59 Å². The molecule has 0 aromatic heterocycles. The maximum absolute atomic E-state index is 14.2. The molecule has 0 unspecified atom stereocenters. The Morgan fingerprint density at radius 2 is 1.24 bits per heavy atom. The van der Waals surface area contributed by atoms with Gasteiger partial charge in [0.05, 0.1) is 6.04 Å². The van der Waals surface area contributed by atoms with E-state index in [-0.39, 0.29) is 18.7 Å². The van der Waals surface area contributed by atoms with E-state index in [9.17, 15) is 19.5 Å². The van der Waals surface area contributed by atoms with Gasteiger partial charge in [-0.15, -0.1) is 0 Å². The number of carboxylic acids is 1. The Bertz CT molecular complexity index is 1420. The van der Waals surface area contributed by atoms with E-state index in [1.54, 1.807) is 12.1 Å². The van der Waals surface area contributed by atoms with Crippen molar-refractivity contribution in [1.29, 1.82) is 0 Å². The molecule has 2 amide bonds. The van der Waals surface area contributed by atoms with E-state index >= 15 is 0 Å². The molecule has 3 N–H and O–H groups in total. The van der Waals surface area contributed by atoms with Crippen LogP contribution in [0.2, 0.25) is 0 Å². The SMILES string of the molecule is NC(=O)[C@H](CCC(=O)O)N(C(=O)c1ccc(-c2ccccc2)cc1)C1c2ccccc2-c2ccccc21. The largest absolute Gasteiger partial charge is 0.481 e. The van der Waals surface area contributed by atoms with Crippen LogP contribution in [0, 0.1) is 0 Å². The van der Waals surface area contributed by atoms with E-state index in [2.05, 4.69) is 0 Å². The van der Waals surface area contributed by atoms with E-state index in [0.29, 0.717) is 5.56 Å². The summed E-state index contributed by atoms with van der Waals surface area (Å²) in [5.74, 6) is -2.18. The normalized spacial score (nSPS) is 12.9. The highest BCUT2D eigenvalue weighted by atomic mass is 16.4. The molecule has 0 fully saturated rings. The first-order valence-electron chi connectivity index (χ1n) is 12.1. The lowest BCUT2D eigenvalue weighted by Crippen LogP contribution is -2.49. The van der Waals surface area contributed by atoms with E-state index in [0.717, 1.165) is 33.4 Å². The molecule has 6 nitrogen and oxygen atoms in total. The van der Waals surface area contributed by atoms with Gasteiger partial charge in [0.2, 0.25) is 5.91 Å². The molecule has 4 aromatic carbocycles. The number of carbonyl (C=O) groups excluding carboxylic acids is 2. The topological polar surface area (TPSA) is 101 Å². The van der Waals surface area contributed by atoms with Crippen LogP contribution in [0.15, 0.2) is 103 Å².